The van der Waals surface area contributed by atoms with Crippen molar-refractivity contribution in [3.8, 4) is 0 Å². The Kier molecular flexibility index (Phi) is 7.04. The molecule has 1 N–H and O–H groups in total. The zero-order valence-electron chi connectivity index (χ0n) is 17.0. The molecule has 2 saturated heterocycles. The van der Waals surface area contributed by atoms with E-state index in [0.717, 1.165) is 44.8 Å². The Hall–Kier alpha value is -1.65. The molecule has 3 nitrogen and oxygen atoms in total. The summed E-state index contributed by atoms with van der Waals surface area (Å²) in [6.45, 7) is 3.22. The normalized spacial score (nSPS) is 26.5. The SMILES string of the molecule is Brc1ccccc1C1CCNC1.O=CN1CCC(c2ccccc2)CC1C1CC1. The minimum atomic E-state index is 0.506. The molecule has 3 fully saturated rings. The van der Waals surface area contributed by atoms with Gasteiger partial charge in [-0.1, -0.05) is 64.5 Å². The molecule has 2 aliphatic heterocycles. The zero-order chi connectivity index (χ0) is 20.1. The highest BCUT2D eigenvalue weighted by atomic mass is 79.9. The molecule has 4 heteroatoms. The molecule has 3 aliphatic rings. The van der Waals surface area contributed by atoms with Gasteiger partial charge < -0.3 is 10.2 Å². The number of hydrogen-bond donors (Lipinski definition) is 1. The third-order valence-electron chi connectivity index (χ3n) is 6.67. The fraction of sp³-hybridized carbons (Fsp3) is 0.480. The topological polar surface area (TPSA) is 32.3 Å². The first kappa shape index (κ1) is 20.6. The molecule has 1 aliphatic carbocycles. The minimum Gasteiger partial charge on any atom is -0.342 e. The van der Waals surface area contributed by atoms with Gasteiger partial charge in [-0.05, 0) is 73.6 Å². The van der Waals surface area contributed by atoms with Gasteiger partial charge in [0.25, 0.3) is 0 Å². The van der Waals surface area contributed by atoms with Crippen LogP contribution >= 0.6 is 15.9 Å². The second-order valence-electron chi connectivity index (χ2n) is 8.59. The van der Waals surface area contributed by atoms with Crippen molar-refractivity contribution in [2.45, 2.75) is 50.0 Å². The molecule has 5 rings (SSSR count). The zero-order valence-corrected chi connectivity index (χ0v) is 18.6. The van der Waals surface area contributed by atoms with E-state index in [2.05, 4.69) is 75.8 Å². The highest BCUT2D eigenvalue weighted by Gasteiger charge is 2.39. The van der Waals surface area contributed by atoms with Gasteiger partial charge in [-0.2, -0.15) is 0 Å². The van der Waals surface area contributed by atoms with Crippen molar-refractivity contribution in [1.82, 2.24) is 10.2 Å². The van der Waals surface area contributed by atoms with Crippen LogP contribution in [0.1, 0.15) is 55.1 Å². The molecule has 2 aromatic rings. The maximum atomic E-state index is 11.1. The van der Waals surface area contributed by atoms with E-state index in [9.17, 15) is 4.79 Å². The number of piperidine rings is 1. The summed E-state index contributed by atoms with van der Waals surface area (Å²) in [6.07, 6.45) is 7.24. The summed E-state index contributed by atoms with van der Waals surface area (Å²) >= 11 is 3.58. The number of amides is 1. The van der Waals surface area contributed by atoms with Crippen LogP contribution in [0.15, 0.2) is 59.1 Å². The summed E-state index contributed by atoms with van der Waals surface area (Å²) in [5.74, 6) is 2.14. The number of carbonyl (C=O) groups is 1. The van der Waals surface area contributed by atoms with Crippen LogP contribution in [0.5, 0.6) is 0 Å². The van der Waals surface area contributed by atoms with Crippen LogP contribution in [0.4, 0.5) is 0 Å². The lowest BCUT2D eigenvalue weighted by atomic mass is 9.84. The van der Waals surface area contributed by atoms with Crippen LogP contribution in [0, 0.1) is 5.92 Å². The van der Waals surface area contributed by atoms with Crippen LogP contribution in [-0.2, 0) is 4.79 Å². The van der Waals surface area contributed by atoms with E-state index in [4.69, 9.17) is 0 Å². The number of likely N-dealkylation sites (tertiary alicyclic amines) is 1. The number of benzene rings is 2. The Morgan fingerprint density at radius 1 is 0.931 bits per heavy atom. The maximum Gasteiger partial charge on any atom is 0.209 e. The summed E-state index contributed by atoms with van der Waals surface area (Å²) in [6, 6.07) is 19.8. The Labute approximate surface area is 183 Å². The van der Waals surface area contributed by atoms with E-state index >= 15 is 0 Å². The van der Waals surface area contributed by atoms with Crippen molar-refractivity contribution in [3.05, 3.63) is 70.2 Å². The molecular weight excluding hydrogens is 424 g/mol. The van der Waals surface area contributed by atoms with Crippen molar-refractivity contribution in [2.24, 2.45) is 5.92 Å². The summed E-state index contributed by atoms with van der Waals surface area (Å²) in [5.41, 5.74) is 2.89. The van der Waals surface area contributed by atoms with Gasteiger partial charge in [-0.3, -0.25) is 4.79 Å². The lowest BCUT2D eigenvalue weighted by molar-refractivity contribution is -0.122. The molecule has 3 unspecified atom stereocenters. The lowest BCUT2D eigenvalue weighted by Gasteiger charge is -2.37. The van der Waals surface area contributed by atoms with Crippen molar-refractivity contribution in [2.75, 3.05) is 19.6 Å². The molecule has 29 heavy (non-hydrogen) atoms. The van der Waals surface area contributed by atoms with Gasteiger partial charge in [0, 0.05) is 23.6 Å². The average Bonchev–Trinajstić information content (AvgIpc) is 3.49. The molecular formula is C25H31BrN2O. The molecule has 1 amide bonds. The quantitative estimate of drug-likeness (QED) is 0.633. The van der Waals surface area contributed by atoms with Crippen LogP contribution in [0.2, 0.25) is 0 Å². The lowest BCUT2D eigenvalue weighted by Crippen LogP contribution is -2.42. The first-order valence-electron chi connectivity index (χ1n) is 11.0. The summed E-state index contributed by atoms with van der Waals surface area (Å²) in [5, 5.41) is 3.38. The van der Waals surface area contributed by atoms with Gasteiger partial charge in [0.15, 0.2) is 0 Å². The first-order chi connectivity index (χ1) is 14.3. The average molecular weight is 455 g/mol. The van der Waals surface area contributed by atoms with Gasteiger partial charge >= 0.3 is 0 Å². The summed E-state index contributed by atoms with van der Waals surface area (Å²) in [4.78, 5) is 13.1. The Morgan fingerprint density at radius 2 is 1.69 bits per heavy atom. The van der Waals surface area contributed by atoms with Crippen LogP contribution < -0.4 is 5.32 Å². The number of nitrogens with one attached hydrogen (secondary N) is 1. The van der Waals surface area contributed by atoms with E-state index in [1.165, 1.54) is 34.9 Å². The number of carbonyl (C=O) groups excluding carboxylic acids is 1. The Bertz CT molecular complexity index is 786. The maximum absolute atomic E-state index is 11.1. The van der Waals surface area contributed by atoms with Gasteiger partial charge in [0.1, 0.15) is 0 Å². The summed E-state index contributed by atoms with van der Waals surface area (Å²) in [7, 11) is 0. The van der Waals surface area contributed by atoms with Crippen LogP contribution in [-0.4, -0.2) is 37.0 Å². The fourth-order valence-electron chi connectivity index (χ4n) is 4.84. The van der Waals surface area contributed by atoms with Crippen LogP contribution in [0.3, 0.4) is 0 Å². The largest absolute Gasteiger partial charge is 0.342 e. The van der Waals surface area contributed by atoms with Gasteiger partial charge in [-0.15, -0.1) is 0 Å². The molecule has 1 saturated carbocycles. The molecule has 154 valence electrons. The third-order valence-corrected chi connectivity index (χ3v) is 7.39. The first-order valence-corrected chi connectivity index (χ1v) is 11.8. The van der Waals surface area contributed by atoms with E-state index in [1.54, 1.807) is 0 Å². The second kappa shape index (κ2) is 9.90. The number of hydrogen-bond acceptors (Lipinski definition) is 2. The van der Waals surface area contributed by atoms with E-state index in [-0.39, 0.29) is 0 Å². The van der Waals surface area contributed by atoms with Crippen molar-refractivity contribution >= 4 is 22.3 Å². The van der Waals surface area contributed by atoms with E-state index < -0.39 is 0 Å². The van der Waals surface area contributed by atoms with E-state index in [0.29, 0.717) is 17.9 Å². The molecule has 2 heterocycles. The van der Waals surface area contributed by atoms with Crippen molar-refractivity contribution in [3.63, 3.8) is 0 Å². The standard InChI is InChI=1S/C15H19NO.C10H12BrN/c17-11-16-9-8-14(10-15(16)13-6-7-13)12-4-2-1-3-5-12;11-10-4-2-1-3-9(10)8-5-6-12-7-8/h1-5,11,13-15H,6-10H2;1-4,8,12H,5-7H2. The fourth-order valence-corrected chi connectivity index (χ4v) is 5.45. The molecule has 0 radical (unpaired) electrons. The van der Waals surface area contributed by atoms with Crippen LogP contribution in [0.25, 0.3) is 0 Å². The third kappa shape index (κ3) is 5.29. The molecule has 0 aromatic heterocycles. The molecule has 0 bridgehead atoms. The Balaban J connectivity index is 0.000000150. The predicted molar refractivity (Wildman–Crippen MR) is 122 cm³/mol. The molecule has 3 atom stereocenters. The number of rotatable bonds is 4. The Morgan fingerprint density at radius 3 is 2.34 bits per heavy atom. The van der Waals surface area contributed by atoms with Crippen molar-refractivity contribution in [1.29, 1.82) is 0 Å². The monoisotopic (exact) mass is 454 g/mol. The minimum absolute atomic E-state index is 0.506. The highest BCUT2D eigenvalue weighted by Crippen LogP contribution is 2.42. The smallest absolute Gasteiger partial charge is 0.209 e. The molecule has 0 spiro atoms. The highest BCUT2D eigenvalue weighted by molar-refractivity contribution is 9.10. The number of nitrogens with zero attached hydrogens (tertiary/aromatic N) is 1. The molecule has 2 aromatic carbocycles. The second-order valence-corrected chi connectivity index (χ2v) is 9.45. The van der Waals surface area contributed by atoms with E-state index in [1.807, 2.05) is 4.90 Å². The predicted octanol–water partition coefficient (Wildman–Crippen LogP) is 5.33. The number of halogens is 1. The van der Waals surface area contributed by atoms with Gasteiger partial charge in [-0.25, -0.2) is 0 Å². The summed E-state index contributed by atoms with van der Waals surface area (Å²) < 4.78 is 1.25. The van der Waals surface area contributed by atoms with Crippen molar-refractivity contribution < 1.29 is 4.79 Å². The van der Waals surface area contributed by atoms with Gasteiger partial charge in [0.05, 0.1) is 0 Å². The van der Waals surface area contributed by atoms with Gasteiger partial charge in [0.2, 0.25) is 6.41 Å².